The summed E-state index contributed by atoms with van der Waals surface area (Å²) in [5.74, 6) is -0.243. The van der Waals surface area contributed by atoms with Gasteiger partial charge in [0.05, 0.1) is 0 Å². The molecule has 1 amide bonds. The van der Waals surface area contributed by atoms with Crippen LogP contribution in [0, 0.1) is 0 Å². The smallest absolute Gasteiger partial charge is 0.407 e. The maximum absolute atomic E-state index is 11.6. The Kier molecular flexibility index (Phi) is 5.21. The highest BCUT2D eigenvalue weighted by Gasteiger charge is 2.19. The number of phenolic OH excluding ortho intramolecular Hbond substituents is 2. The molecule has 6 nitrogen and oxygen atoms in total. The number of nitrogens with one attached hydrogen (secondary N) is 1. The Morgan fingerprint density at radius 3 is 2.60 bits per heavy atom. The Morgan fingerprint density at radius 2 is 2.05 bits per heavy atom. The van der Waals surface area contributed by atoms with E-state index < -0.39 is 11.7 Å². The molecule has 0 spiro atoms. The number of rotatable bonds is 4. The summed E-state index contributed by atoms with van der Waals surface area (Å²) >= 11 is 0. The van der Waals surface area contributed by atoms with Gasteiger partial charge in [-0.15, -0.1) is 0 Å². The van der Waals surface area contributed by atoms with Crippen LogP contribution in [0.5, 0.6) is 11.5 Å². The first kappa shape index (κ1) is 16.1. The highest BCUT2D eigenvalue weighted by molar-refractivity contribution is 5.67. The van der Waals surface area contributed by atoms with Gasteiger partial charge >= 0.3 is 6.09 Å². The van der Waals surface area contributed by atoms with Gasteiger partial charge in [-0.05, 0) is 39.0 Å². The molecule has 112 valence electrons. The lowest BCUT2D eigenvalue weighted by Gasteiger charge is -2.22. The van der Waals surface area contributed by atoms with Crippen LogP contribution in [0.3, 0.4) is 0 Å². The third-order valence-corrected chi connectivity index (χ3v) is 2.63. The quantitative estimate of drug-likeness (QED) is 0.629. The Bertz CT molecular complexity index is 469. The first-order valence-electron chi connectivity index (χ1n) is 6.41. The predicted molar refractivity (Wildman–Crippen MR) is 75.8 cm³/mol. The number of phenols is 2. The highest BCUT2D eigenvalue weighted by atomic mass is 16.6. The topological polar surface area (TPSA) is 105 Å². The van der Waals surface area contributed by atoms with E-state index in [2.05, 4.69) is 5.32 Å². The summed E-state index contributed by atoms with van der Waals surface area (Å²) in [4.78, 5) is 11.6. The number of hydrogen-bond acceptors (Lipinski definition) is 5. The van der Waals surface area contributed by atoms with E-state index in [1.165, 1.54) is 18.2 Å². The number of carbonyl (C=O) groups excluding carboxylic acids is 1. The SMILES string of the molecule is CC(C)(C)OC(=O)NCC(CN)c1cc(O)ccc1O. The van der Waals surface area contributed by atoms with Crippen LogP contribution < -0.4 is 11.1 Å². The molecule has 1 aromatic carbocycles. The summed E-state index contributed by atoms with van der Waals surface area (Å²) in [6.07, 6.45) is -0.546. The maximum Gasteiger partial charge on any atom is 0.407 e. The molecule has 5 N–H and O–H groups in total. The van der Waals surface area contributed by atoms with Crippen LogP contribution in [0.2, 0.25) is 0 Å². The van der Waals surface area contributed by atoms with Crippen molar-refractivity contribution in [2.45, 2.75) is 32.3 Å². The van der Waals surface area contributed by atoms with E-state index in [1.807, 2.05) is 0 Å². The summed E-state index contributed by atoms with van der Waals surface area (Å²) in [5.41, 5.74) is 5.57. The number of amides is 1. The third kappa shape index (κ3) is 4.97. The summed E-state index contributed by atoms with van der Waals surface area (Å²) in [5, 5.41) is 21.8. The molecule has 0 saturated heterocycles. The van der Waals surface area contributed by atoms with Gasteiger partial charge in [-0.1, -0.05) is 0 Å². The minimum Gasteiger partial charge on any atom is -0.508 e. The van der Waals surface area contributed by atoms with Crippen LogP contribution in [-0.4, -0.2) is 35.0 Å². The van der Waals surface area contributed by atoms with E-state index in [0.717, 1.165) is 0 Å². The Hall–Kier alpha value is -1.95. The lowest BCUT2D eigenvalue weighted by atomic mass is 9.98. The van der Waals surface area contributed by atoms with Gasteiger partial charge in [0, 0.05) is 24.6 Å². The number of hydrogen-bond donors (Lipinski definition) is 4. The number of benzene rings is 1. The molecule has 6 heteroatoms. The van der Waals surface area contributed by atoms with Crippen LogP contribution >= 0.6 is 0 Å². The fourth-order valence-electron chi connectivity index (χ4n) is 1.71. The van der Waals surface area contributed by atoms with Crippen molar-refractivity contribution in [3.05, 3.63) is 23.8 Å². The zero-order chi connectivity index (χ0) is 15.3. The van der Waals surface area contributed by atoms with E-state index >= 15 is 0 Å². The van der Waals surface area contributed by atoms with Crippen molar-refractivity contribution in [2.24, 2.45) is 5.73 Å². The lowest BCUT2D eigenvalue weighted by Crippen LogP contribution is -2.36. The van der Waals surface area contributed by atoms with Crippen LogP contribution in [0.4, 0.5) is 4.79 Å². The molecule has 0 aliphatic rings. The van der Waals surface area contributed by atoms with E-state index in [-0.39, 0.29) is 30.5 Å². The minimum absolute atomic E-state index is 0.0317. The van der Waals surface area contributed by atoms with Crippen molar-refractivity contribution in [1.82, 2.24) is 5.32 Å². The Morgan fingerprint density at radius 1 is 1.40 bits per heavy atom. The van der Waals surface area contributed by atoms with Crippen LogP contribution in [-0.2, 0) is 4.74 Å². The van der Waals surface area contributed by atoms with Crippen LogP contribution in [0.15, 0.2) is 18.2 Å². The van der Waals surface area contributed by atoms with Crippen molar-refractivity contribution in [3.8, 4) is 11.5 Å². The molecule has 0 aromatic heterocycles. The second-order valence-electron chi connectivity index (χ2n) is 5.56. The van der Waals surface area contributed by atoms with Gasteiger partial charge in [0.25, 0.3) is 0 Å². The summed E-state index contributed by atoms with van der Waals surface area (Å²) < 4.78 is 5.12. The highest BCUT2D eigenvalue weighted by Crippen LogP contribution is 2.28. The molecule has 0 fully saturated rings. The zero-order valence-corrected chi connectivity index (χ0v) is 12.0. The van der Waals surface area contributed by atoms with Gasteiger partial charge in [0.2, 0.25) is 0 Å². The number of nitrogens with two attached hydrogens (primary N) is 1. The Labute approximate surface area is 118 Å². The monoisotopic (exact) mass is 282 g/mol. The van der Waals surface area contributed by atoms with E-state index in [1.54, 1.807) is 20.8 Å². The average Bonchev–Trinajstić information content (AvgIpc) is 2.32. The fourth-order valence-corrected chi connectivity index (χ4v) is 1.71. The zero-order valence-electron chi connectivity index (χ0n) is 12.0. The molecular formula is C14H22N2O4. The third-order valence-electron chi connectivity index (χ3n) is 2.63. The van der Waals surface area contributed by atoms with E-state index in [4.69, 9.17) is 10.5 Å². The van der Waals surface area contributed by atoms with Crippen molar-refractivity contribution in [2.75, 3.05) is 13.1 Å². The van der Waals surface area contributed by atoms with Gasteiger partial charge in [-0.2, -0.15) is 0 Å². The molecule has 1 aromatic rings. The summed E-state index contributed by atoms with van der Waals surface area (Å²) in [6.45, 7) is 5.74. The minimum atomic E-state index is -0.574. The van der Waals surface area contributed by atoms with Crippen molar-refractivity contribution in [1.29, 1.82) is 0 Å². The summed E-state index contributed by atoms with van der Waals surface area (Å²) in [7, 11) is 0. The molecule has 0 heterocycles. The molecule has 20 heavy (non-hydrogen) atoms. The van der Waals surface area contributed by atoms with Crippen molar-refractivity contribution in [3.63, 3.8) is 0 Å². The van der Waals surface area contributed by atoms with Crippen molar-refractivity contribution < 1.29 is 19.7 Å². The van der Waals surface area contributed by atoms with Crippen molar-refractivity contribution >= 4 is 6.09 Å². The molecule has 1 atom stereocenters. The van der Waals surface area contributed by atoms with Crippen LogP contribution in [0.1, 0.15) is 32.3 Å². The molecule has 0 aliphatic heterocycles. The second-order valence-corrected chi connectivity index (χ2v) is 5.56. The normalized spacial score (nSPS) is 12.8. The molecule has 0 saturated carbocycles. The number of alkyl carbamates (subject to hydrolysis) is 1. The largest absolute Gasteiger partial charge is 0.508 e. The number of aromatic hydroxyl groups is 2. The summed E-state index contributed by atoms with van der Waals surface area (Å²) in [6, 6.07) is 4.21. The lowest BCUT2D eigenvalue weighted by molar-refractivity contribution is 0.0524. The molecule has 0 radical (unpaired) electrons. The van der Waals surface area contributed by atoms with E-state index in [9.17, 15) is 15.0 Å². The molecular weight excluding hydrogens is 260 g/mol. The molecule has 1 rings (SSSR count). The Balaban J connectivity index is 2.68. The predicted octanol–water partition coefficient (Wildman–Crippen LogP) is 1.66. The van der Waals surface area contributed by atoms with Gasteiger partial charge in [0.15, 0.2) is 0 Å². The fraction of sp³-hybridized carbons (Fsp3) is 0.500. The standard InChI is InChI=1S/C14H22N2O4/c1-14(2,3)20-13(19)16-8-9(7-15)11-6-10(17)4-5-12(11)18/h4-6,9,17-18H,7-8,15H2,1-3H3,(H,16,19). The van der Waals surface area contributed by atoms with E-state index in [0.29, 0.717) is 5.56 Å². The molecule has 0 aliphatic carbocycles. The molecule has 1 unspecified atom stereocenters. The first-order valence-corrected chi connectivity index (χ1v) is 6.41. The number of ether oxygens (including phenoxy) is 1. The van der Waals surface area contributed by atoms with Gasteiger partial charge in [0.1, 0.15) is 17.1 Å². The maximum atomic E-state index is 11.6. The molecule has 0 bridgehead atoms. The first-order chi connectivity index (χ1) is 9.23. The number of carbonyl (C=O) groups is 1. The van der Waals surface area contributed by atoms with Gasteiger partial charge in [-0.3, -0.25) is 0 Å². The van der Waals surface area contributed by atoms with Crippen LogP contribution in [0.25, 0.3) is 0 Å². The second kappa shape index (κ2) is 6.47. The average molecular weight is 282 g/mol. The van der Waals surface area contributed by atoms with Gasteiger partial charge < -0.3 is 26.0 Å². The van der Waals surface area contributed by atoms with Gasteiger partial charge in [-0.25, -0.2) is 4.79 Å².